The predicted molar refractivity (Wildman–Crippen MR) is 112 cm³/mol. The number of nitrogens with zero attached hydrogens (tertiary/aromatic N) is 1. The summed E-state index contributed by atoms with van der Waals surface area (Å²) in [6.45, 7) is 0. The van der Waals surface area contributed by atoms with E-state index in [0.717, 1.165) is 22.7 Å². The molecule has 2 aromatic rings. The Morgan fingerprint density at radius 1 is 1.07 bits per heavy atom. The maximum atomic E-state index is 13.5. The lowest BCUT2D eigenvalue weighted by Crippen LogP contribution is -2.47. The van der Waals surface area contributed by atoms with Crippen molar-refractivity contribution < 1.29 is 9.18 Å². The lowest BCUT2D eigenvalue weighted by molar-refractivity contribution is -0.119. The van der Waals surface area contributed by atoms with Gasteiger partial charge in [-0.1, -0.05) is 43.5 Å². The second-order valence-electron chi connectivity index (χ2n) is 8.92. The van der Waals surface area contributed by atoms with E-state index >= 15 is 0 Å². The molecule has 1 aromatic heterocycles. The molecule has 1 amide bonds. The predicted octanol–water partition coefficient (Wildman–Crippen LogP) is 5.23. The van der Waals surface area contributed by atoms with Crippen LogP contribution in [0.2, 0.25) is 0 Å². The van der Waals surface area contributed by atoms with Gasteiger partial charge in [0.2, 0.25) is 5.91 Å². The summed E-state index contributed by atoms with van der Waals surface area (Å²) in [6.07, 6.45) is 13.3. The summed E-state index contributed by atoms with van der Waals surface area (Å²) < 4.78 is 13.5. The van der Waals surface area contributed by atoms with E-state index in [1.54, 1.807) is 12.3 Å². The first-order valence-electron chi connectivity index (χ1n) is 10.9. The summed E-state index contributed by atoms with van der Waals surface area (Å²) in [5, 5.41) is 3.26. The van der Waals surface area contributed by atoms with Gasteiger partial charge < -0.3 is 5.32 Å². The molecule has 3 fully saturated rings. The van der Waals surface area contributed by atoms with E-state index < -0.39 is 0 Å². The molecule has 2 saturated carbocycles. The number of amides is 1. The molecule has 2 aliphatic carbocycles. The third-order valence-corrected chi connectivity index (χ3v) is 7.20. The lowest BCUT2D eigenvalue weighted by atomic mass is 9.60. The van der Waals surface area contributed by atoms with Crippen molar-refractivity contribution >= 4 is 12.0 Å². The van der Waals surface area contributed by atoms with E-state index in [2.05, 4.69) is 22.5 Å². The molecular formula is C25H27FN2O. The molecule has 5 atom stereocenters. The van der Waals surface area contributed by atoms with E-state index in [4.69, 9.17) is 0 Å². The van der Waals surface area contributed by atoms with Gasteiger partial charge in [-0.2, -0.15) is 0 Å². The number of pyridine rings is 1. The highest BCUT2D eigenvalue weighted by Gasteiger charge is 2.47. The average molecular weight is 391 g/mol. The normalized spacial score (nSPS) is 31.3. The van der Waals surface area contributed by atoms with Crippen LogP contribution in [0.4, 0.5) is 4.39 Å². The zero-order valence-electron chi connectivity index (χ0n) is 16.6. The molecular weight excluding hydrogens is 363 g/mol. The van der Waals surface area contributed by atoms with Crippen molar-refractivity contribution in [3.05, 3.63) is 60.2 Å². The van der Waals surface area contributed by atoms with E-state index in [0.29, 0.717) is 24.2 Å². The van der Waals surface area contributed by atoms with Crippen molar-refractivity contribution in [1.82, 2.24) is 10.3 Å². The minimum absolute atomic E-state index is 0.217. The molecule has 1 N–H and O–H groups in total. The SMILES string of the molecule is O=C1C[C@H]2CC3CCCCC3C(/C=C/c3ccc(-c4cccc(F)c4)cn3)[C@H]2N1. The summed E-state index contributed by atoms with van der Waals surface area (Å²) in [5.41, 5.74) is 2.65. The Balaban J connectivity index is 1.37. The Morgan fingerprint density at radius 2 is 1.97 bits per heavy atom. The number of nitrogens with one attached hydrogen (secondary N) is 1. The molecule has 0 spiro atoms. The third kappa shape index (κ3) is 3.73. The number of carbonyl (C=O) groups excluding carboxylic acids is 1. The first kappa shape index (κ1) is 18.5. The van der Waals surface area contributed by atoms with Crippen LogP contribution in [0.15, 0.2) is 48.7 Å². The maximum Gasteiger partial charge on any atom is 0.220 e. The third-order valence-electron chi connectivity index (χ3n) is 7.20. The Labute approximate surface area is 171 Å². The Morgan fingerprint density at radius 3 is 2.79 bits per heavy atom. The average Bonchev–Trinajstić information content (AvgIpc) is 3.11. The van der Waals surface area contributed by atoms with E-state index in [9.17, 15) is 9.18 Å². The summed E-state index contributed by atoms with van der Waals surface area (Å²) >= 11 is 0. The first-order valence-corrected chi connectivity index (χ1v) is 10.9. The van der Waals surface area contributed by atoms with Crippen molar-refractivity contribution in [3.8, 4) is 11.1 Å². The second-order valence-corrected chi connectivity index (χ2v) is 8.92. The van der Waals surface area contributed by atoms with Crippen LogP contribution >= 0.6 is 0 Å². The fourth-order valence-corrected chi connectivity index (χ4v) is 5.87. The van der Waals surface area contributed by atoms with Crippen LogP contribution in [0.3, 0.4) is 0 Å². The summed E-state index contributed by atoms with van der Waals surface area (Å²) in [7, 11) is 0. The smallest absolute Gasteiger partial charge is 0.220 e. The van der Waals surface area contributed by atoms with Crippen LogP contribution in [0.5, 0.6) is 0 Å². The van der Waals surface area contributed by atoms with Crippen molar-refractivity contribution in [1.29, 1.82) is 0 Å². The number of hydrogen-bond donors (Lipinski definition) is 1. The standard InChI is InChI=1S/C25H27FN2O/c26-20-6-3-5-16(13-20)18-8-9-21(27-15-18)10-11-23-22-7-2-1-4-17(22)12-19-14-24(29)28-25(19)23/h3,5-6,8-11,13,15,17,19,22-23,25H,1-2,4,7,12,14H2,(H,28,29)/b11-10+/t17?,19-,22?,23?,25+/m1/s1. The number of aromatic nitrogens is 1. The summed E-state index contributed by atoms with van der Waals surface area (Å²) in [6, 6.07) is 10.9. The summed E-state index contributed by atoms with van der Waals surface area (Å²) in [4.78, 5) is 16.6. The van der Waals surface area contributed by atoms with Crippen LogP contribution in [0, 0.1) is 29.5 Å². The Hall–Kier alpha value is -2.49. The molecule has 0 bridgehead atoms. The molecule has 1 saturated heterocycles. The monoisotopic (exact) mass is 390 g/mol. The quantitative estimate of drug-likeness (QED) is 0.779. The Kier molecular flexibility index (Phi) is 4.94. The van der Waals surface area contributed by atoms with Crippen LogP contribution in [0.25, 0.3) is 17.2 Å². The molecule has 0 radical (unpaired) electrons. The van der Waals surface area contributed by atoms with Gasteiger partial charge in [-0.15, -0.1) is 0 Å². The van der Waals surface area contributed by atoms with Gasteiger partial charge in [-0.25, -0.2) is 4.39 Å². The number of carbonyl (C=O) groups is 1. The zero-order chi connectivity index (χ0) is 19.8. The number of halogens is 1. The van der Waals surface area contributed by atoms with Gasteiger partial charge in [0, 0.05) is 30.1 Å². The zero-order valence-corrected chi connectivity index (χ0v) is 16.6. The van der Waals surface area contributed by atoms with Gasteiger partial charge in [-0.05, 0) is 60.4 Å². The highest BCUT2D eigenvalue weighted by Crippen LogP contribution is 2.49. The first-order chi connectivity index (χ1) is 14.2. The molecule has 3 nitrogen and oxygen atoms in total. The van der Waals surface area contributed by atoms with Crippen molar-refractivity contribution in [3.63, 3.8) is 0 Å². The molecule has 5 rings (SSSR count). The minimum atomic E-state index is -0.237. The van der Waals surface area contributed by atoms with Crippen molar-refractivity contribution in [2.75, 3.05) is 0 Å². The highest BCUT2D eigenvalue weighted by atomic mass is 19.1. The van der Waals surface area contributed by atoms with Gasteiger partial charge in [0.15, 0.2) is 0 Å². The van der Waals surface area contributed by atoms with Gasteiger partial charge in [0.1, 0.15) is 5.82 Å². The molecule has 1 aromatic carbocycles. The molecule has 2 heterocycles. The molecule has 150 valence electrons. The topological polar surface area (TPSA) is 42.0 Å². The van der Waals surface area contributed by atoms with Gasteiger partial charge >= 0.3 is 0 Å². The van der Waals surface area contributed by atoms with Gasteiger partial charge in [-0.3, -0.25) is 9.78 Å². The minimum Gasteiger partial charge on any atom is -0.352 e. The number of hydrogen-bond acceptors (Lipinski definition) is 2. The maximum absolute atomic E-state index is 13.5. The summed E-state index contributed by atoms with van der Waals surface area (Å²) in [5.74, 6) is 2.30. The van der Waals surface area contributed by atoms with Crippen molar-refractivity contribution in [2.45, 2.75) is 44.6 Å². The molecule has 4 heteroatoms. The Bertz CT molecular complexity index is 923. The van der Waals surface area contributed by atoms with Gasteiger partial charge in [0.05, 0.1) is 5.69 Å². The number of fused-ring (bicyclic) bond motifs is 2. The molecule has 3 unspecified atom stereocenters. The fraction of sp³-hybridized carbons (Fsp3) is 0.440. The van der Waals surface area contributed by atoms with E-state index in [-0.39, 0.29) is 17.8 Å². The van der Waals surface area contributed by atoms with Crippen LogP contribution in [0.1, 0.15) is 44.2 Å². The lowest BCUT2D eigenvalue weighted by Gasteiger charge is -2.46. The van der Waals surface area contributed by atoms with Gasteiger partial charge in [0.25, 0.3) is 0 Å². The van der Waals surface area contributed by atoms with Crippen LogP contribution in [-0.4, -0.2) is 16.9 Å². The van der Waals surface area contributed by atoms with Crippen LogP contribution < -0.4 is 5.32 Å². The fourth-order valence-electron chi connectivity index (χ4n) is 5.87. The molecule has 29 heavy (non-hydrogen) atoms. The number of rotatable bonds is 3. The highest BCUT2D eigenvalue weighted by molar-refractivity contribution is 5.79. The molecule has 3 aliphatic rings. The second kappa shape index (κ2) is 7.74. The number of benzene rings is 1. The van der Waals surface area contributed by atoms with Crippen LogP contribution in [-0.2, 0) is 4.79 Å². The van der Waals surface area contributed by atoms with E-state index in [1.807, 2.05) is 18.2 Å². The largest absolute Gasteiger partial charge is 0.352 e. The molecule has 1 aliphatic heterocycles. The van der Waals surface area contributed by atoms with Crippen molar-refractivity contribution in [2.24, 2.45) is 23.7 Å². The van der Waals surface area contributed by atoms with E-state index in [1.165, 1.54) is 44.2 Å².